The van der Waals surface area contributed by atoms with Crippen LogP contribution < -0.4 is 11.1 Å². The Morgan fingerprint density at radius 2 is 1.51 bits per heavy atom. The van der Waals surface area contributed by atoms with Crippen LogP contribution in [-0.2, 0) is 25.5 Å². The van der Waals surface area contributed by atoms with Crippen LogP contribution in [0.1, 0.15) is 34.3 Å². The molecular weight excluding hydrogens is 553 g/mol. The molecule has 0 aromatic heterocycles. The molecule has 7 N–H and O–H groups in total. The number of carbonyl (C=O) groups excluding carboxylic acids is 2. The number of rotatable bonds is 9. The molecule has 12 nitrogen and oxygen atoms in total. The van der Waals surface area contributed by atoms with Crippen molar-refractivity contribution in [3.63, 3.8) is 0 Å². The number of hydrogen-bond acceptors (Lipinski definition) is 7. The van der Waals surface area contributed by atoms with Crippen molar-refractivity contribution in [1.82, 2.24) is 10.2 Å². The molecule has 0 unspecified atom stereocenters. The molecule has 2 aromatic rings. The van der Waals surface area contributed by atoms with Crippen molar-refractivity contribution in [2.24, 2.45) is 5.73 Å². The Labute approximate surface area is 232 Å². The summed E-state index contributed by atoms with van der Waals surface area (Å²) < 4.78 is 37.1. The van der Waals surface area contributed by atoms with Crippen LogP contribution in [0.5, 0.6) is 5.75 Å². The quantitative estimate of drug-likeness (QED) is 0.188. The third-order valence-electron chi connectivity index (χ3n) is 5.88. The van der Waals surface area contributed by atoms with E-state index >= 15 is 0 Å². The fourth-order valence-corrected chi connectivity index (χ4v) is 3.76. The maximum Gasteiger partial charge on any atom is 0.490 e. The third-order valence-corrected chi connectivity index (χ3v) is 5.88. The second kappa shape index (κ2) is 14.6. The number of carboxylic acids is 2. The summed E-state index contributed by atoms with van der Waals surface area (Å²) in [6, 6.07) is 11.8. The van der Waals surface area contributed by atoms with Crippen LogP contribution in [0, 0.1) is 5.41 Å². The average molecular weight is 583 g/mol. The van der Waals surface area contributed by atoms with Crippen LogP contribution in [0.4, 0.5) is 13.2 Å². The van der Waals surface area contributed by atoms with Gasteiger partial charge in [-0.3, -0.25) is 15.0 Å². The number of carbonyl (C=O) groups is 4. The Bertz CT molecular complexity index is 1230. The molecule has 0 aliphatic carbocycles. The summed E-state index contributed by atoms with van der Waals surface area (Å²) >= 11 is 0. The number of amidine groups is 1. The van der Waals surface area contributed by atoms with E-state index in [1.807, 2.05) is 0 Å². The van der Waals surface area contributed by atoms with Crippen molar-refractivity contribution in [3.05, 3.63) is 65.2 Å². The maximum absolute atomic E-state index is 13.3. The minimum Gasteiger partial charge on any atom is -0.508 e. The van der Waals surface area contributed by atoms with Gasteiger partial charge >= 0.3 is 18.1 Å². The smallest absolute Gasteiger partial charge is 0.490 e. The molecule has 0 radical (unpaired) electrons. The van der Waals surface area contributed by atoms with Crippen molar-refractivity contribution in [3.8, 4) is 5.75 Å². The zero-order chi connectivity index (χ0) is 30.7. The van der Waals surface area contributed by atoms with Crippen molar-refractivity contribution in [2.75, 3.05) is 19.7 Å². The number of aliphatic carboxylic acids is 2. The number of carboxylic acid groups (broad SMARTS) is 2. The Morgan fingerprint density at radius 3 is 1.98 bits per heavy atom. The number of ether oxygens (including phenoxy) is 1. The standard InChI is InChI=1S/C24H28N4O6.C2HF3O2/c25-22(26)16-3-5-17(6-4-16)23(32)27-20(13-15-1-7-18(29)8-2-15)24(33)28-11-9-19(10-12-28)34-14-21(30)31;3-2(4,5)1(6)7/h1-8,19-20,29H,9-14H2,(H3,25,26)(H,27,32)(H,30,31);(H,6,7)/t20-;/m1./s1. The second-order valence-electron chi connectivity index (χ2n) is 8.92. The van der Waals surface area contributed by atoms with Gasteiger partial charge in [-0.15, -0.1) is 0 Å². The molecule has 1 aliphatic rings. The van der Waals surface area contributed by atoms with Crippen molar-refractivity contribution < 1.29 is 52.4 Å². The largest absolute Gasteiger partial charge is 0.508 e. The van der Waals surface area contributed by atoms with Crippen molar-refractivity contribution >= 4 is 29.6 Å². The van der Waals surface area contributed by atoms with Gasteiger partial charge in [0, 0.05) is 30.6 Å². The Kier molecular flexibility index (Phi) is 11.6. The number of likely N-dealkylation sites (tertiary alicyclic amines) is 1. The fraction of sp³-hybridized carbons (Fsp3) is 0.346. The molecular formula is C26H29F3N4O8. The summed E-state index contributed by atoms with van der Waals surface area (Å²) in [4.78, 5) is 47.5. The van der Waals surface area contributed by atoms with Gasteiger partial charge in [0.25, 0.3) is 5.91 Å². The molecule has 1 heterocycles. The highest BCUT2D eigenvalue weighted by Crippen LogP contribution is 2.18. The van der Waals surface area contributed by atoms with E-state index in [0.29, 0.717) is 37.1 Å². The predicted octanol–water partition coefficient (Wildman–Crippen LogP) is 1.74. The number of nitrogens with one attached hydrogen (secondary N) is 2. The van der Waals surface area contributed by atoms with E-state index in [9.17, 15) is 32.7 Å². The molecule has 1 aliphatic heterocycles. The van der Waals surface area contributed by atoms with Gasteiger partial charge in [-0.1, -0.05) is 24.3 Å². The molecule has 1 saturated heterocycles. The molecule has 15 heteroatoms. The number of piperidine rings is 1. The Morgan fingerprint density at radius 1 is 1.00 bits per heavy atom. The number of nitrogen functional groups attached to an aromatic ring is 1. The first kappa shape index (κ1) is 32.6. The van der Waals surface area contributed by atoms with Crippen LogP contribution in [0.25, 0.3) is 0 Å². The Balaban J connectivity index is 0.000000745. The summed E-state index contributed by atoms with van der Waals surface area (Å²) in [5.41, 5.74) is 7.04. The van der Waals surface area contributed by atoms with Gasteiger partial charge in [0.2, 0.25) is 5.91 Å². The van der Waals surface area contributed by atoms with E-state index in [1.54, 1.807) is 41.3 Å². The number of phenolic OH excluding ortho intramolecular Hbond substituents is 1. The SMILES string of the molecule is N=C(N)c1ccc(C(=O)N[C@H](Cc2ccc(O)cc2)C(=O)N2CCC(OCC(=O)O)CC2)cc1.O=C(O)C(F)(F)F. The van der Waals surface area contributed by atoms with Crippen LogP contribution in [0.3, 0.4) is 0 Å². The minimum atomic E-state index is -5.08. The lowest BCUT2D eigenvalue weighted by molar-refractivity contribution is -0.192. The van der Waals surface area contributed by atoms with E-state index in [0.717, 1.165) is 5.56 Å². The van der Waals surface area contributed by atoms with Crippen molar-refractivity contribution in [2.45, 2.75) is 37.6 Å². The molecule has 222 valence electrons. The number of halogens is 3. The number of nitrogens with zero attached hydrogens (tertiary/aromatic N) is 1. The predicted molar refractivity (Wildman–Crippen MR) is 137 cm³/mol. The maximum atomic E-state index is 13.3. The van der Waals surface area contributed by atoms with Gasteiger partial charge in [-0.2, -0.15) is 13.2 Å². The molecule has 1 atom stereocenters. The zero-order valence-corrected chi connectivity index (χ0v) is 21.6. The van der Waals surface area contributed by atoms with Gasteiger partial charge < -0.3 is 36.0 Å². The molecule has 1 fully saturated rings. The fourth-order valence-electron chi connectivity index (χ4n) is 3.76. The van der Waals surface area contributed by atoms with E-state index in [1.165, 1.54) is 12.1 Å². The first-order valence-corrected chi connectivity index (χ1v) is 12.1. The molecule has 0 bridgehead atoms. The molecule has 41 heavy (non-hydrogen) atoms. The molecule has 2 aromatic carbocycles. The average Bonchev–Trinajstić information content (AvgIpc) is 2.92. The molecule has 0 spiro atoms. The van der Waals surface area contributed by atoms with Crippen LogP contribution >= 0.6 is 0 Å². The minimum absolute atomic E-state index is 0.102. The monoisotopic (exact) mass is 582 g/mol. The normalized spacial score (nSPS) is 14.3. The highest BCUT2D eigenvalue weighted by molar-refractivity contribution is 5.99. The van der Waals surface area contributed by atoms with E-state index in [4.69, 9.17) is 30.9 Å². The lowest BCUT2D eigenvalue weighted by atomic mass is 10.0. The highest BCUT2D eigenvalue weighted by atomic mass is 19.4. The van der Waals surface area contributed by atoms with Crippen LogP contribution in [0.2, 0.25) is 0 Å². The van der Waals surface area contributed by atoms with Gasteiger partial charge in [-0.25, -0.2) is 9.59 Å². The second-order valence-corrected chi connectivity index (χ2v) is 8.92. The number of hydrogen-bond donors (Lipinski definition) is 6. The van der Waals surface area contributed by atoms with Crippen LogP contribution in [-0.4, -0.2) is 87.8 Å². The van der Waals surface area contributed by atoms with E-state index in [2.05, 4.69) is 5.32 Å². The number of benzene rings is 2. The summed E-state index contributed by atoms with van der Waals surface area (Å²) in [6.45, 7) is 0.400. The summed E-state index contributed by atoms with van der Waals surface area (Å²) in [5, 5.41) is 35.7. The summed E-state index contributed by atoms with van der Waals surface area (Å²) in [5.74, 6) is -4.49. The first-order chi connectivity index (χ1) is 19.2. The van der Waals surface area contributed by atoms with Crippen molar-refractivity contribution in [1.29, 1.82) is 5.41 Å². The lowest BCUT2D eigenvalue weighted by Gasteiger charge is -2.34. The number of aromatic hydroxyl groups is 1. The number of amides is 2. The van der Waals surface area contributed by atoms with E-state index < -0.39 is 30.1 Å². The summed E-state index contributed by atoms with van der Waals surface area (Å²) in [6.07, 6.45) is -4.08. The summed E-state index contributed by atoms with van der Waals surface area (Å²) in [7, 11) is 0. The topological polar surface area (TPSA) is 203 Å². The number of phenols is 1. The van der Waals surface area contributed by atoms with Gasteiger partial charge in [0.15, 0.2) is 0 Å². The van der Waals surface area contributed by atoms with Gasteiger partial charge in [-0.05, 0) is 42.7 Å². The molecule has 3 rings (SSSR count). The zero-order valence-electron chi connectivity index (χ0n) is 21.6. The lowest BCUT2D eigenvalue weighted by Crippen LogP contribution is -2.52. The molecule has 0 saturated carbocycles. The van der Waals surface area contributed by atoms with Gasteiger partial charge in [0.05, 0.1) is 6.10 Å². The third kappa shape index (κ3) is 10.8. The number of nitrogens with two attached hydrogens (primary N) is 1. The molecule has 2 amide bonds. The Hall–Kier alpha value is -4.66. The van der Waals surface area contributed by atoms with Gasteiger partial charge in [0.1, 0.15) is 24.2 Å². The highest BCUT2D eigenvalue weighted by Gasteiger charge is 2.38. The van der Waals surface area contributed by atoms with E-state index in [-0.39, 0.29) is 36.6 Å². The first-order valence-electron chi connectivity index (χ1n) is 12.1. The number of alkyl halides is 3. The van der Waals surface area contributed by atoms with Crippen LogP contribution in [0.15, 0.2) is 48.5 Å².